The zero-order valence-electron chi connectivity index (χ0n) is 24.5. The maximum Gasteiger partial charge on any atom is 0.218 e. The average Bonchev–Trinajstić information content (AvgIpc) is 3.52. The lowest BCUT2D eigenvalue weighted by Gasteiger charge is -2.10. The van der Waals surface area contributed by atoms with Crippen molar-refractivity contribution in [2.75, 3.05) is 13.2 Å². The highest BCUT2D eigenvalue weighted by molar-refractivity contribution is 7.21. The molecule has 0 spiro atoms. The van der Waals surface area contributed by atoms with Crippen LogP contribution in [0.2, 0.25) is 0 Å². The molecule has 2 nitrogen and oxygen atoms in total. The largest absolute Gasteiger partial charge is 0.488 e. The maximum absolute atomic E-state index is 6.43. The minimum absolute atomic E-state index is 0.791. The van der Waals surface area contributed by atoms with E-state index >= 15 is 0 Å². The molecule has 4 heteroatoms. The molecule has 2 aromatic heterocycles. The minimum atomic E-state index is 0.791. The molecule has 0 aliphatic heterocycles. The summed E-state index contributed by atoms with van der Waals surface area (Å²) >= 11 is 3.57. The lowest BCUT2D eigenvalue weighted by atomic mass is 10.1. The quantitative estimate of drug-likeness (QED) is 0.102. The Morgan fingerprint density at radius 2 is 1.05 bits per heavy atom. The Morgan fingerprint density at radius 1 is 0.553 bits per heavy atom. The van der Waals surface area contributed by atoms with E-state index in [4.69, 9.17) is 9.47 Å². The Balaban J connectivity index is 1.38. The molecule has 3 rings (SSSR count). The highest BCUT2D eigenvalue weighted by Crippen LogP contribution is 2.46. The second-order valence-electron chi connectivity index (χ2n) is 11.1. The van der Waals surface area contributed by atoms with E-state index in [1.807, 2.05) is 11.3 Å². The van der Waals surface area contributed by atoms with Gasteiger partial charge in [0.15, 0.2) is 5.75 Å². The molecular formula is C34H54O2S2. The second kappa shape index (κ2) is 19.7. The summed E-state index contributed by atoms with van der Waals surface area (Å²) in [4.78, 5) is 0. The normalized spacial score (nSPS) is 11.6. The standard InChI is InChI=1S/C34H54O2S2/c1-3-5-7-9-11-13-15-17-19-21-24-35-33-30-28-31-29(23-26-37-31)27-32(30)38-34(33)36-25-22-20-18-16-14-12-10-8-6-4-2/h23,26-28H,3-22,24-25H2,1-2H3. The van der Waals surface area contributed by atoms with Gasteiger partial charge in [-0.3, -0.25) is 0 Å². The van der Waals surface area contributed by atoms with Crippen LogP contribution in [0.3, 0.4) is 0 Å². The van der Waals surface area contributed by atoms with Gasteiger partial charge in [0.1, 0.15) is 0 Å². The molecule has 0 radical (unpaired) electrons. The smallest absolute Gasteiger partial charge is 0.218 e. The van der Waals surface area contributed by atoms with Crippen molar-refractivity contribution in [1.82, 2.24) is 0 Å². The second-order valence-corrected chi connectivity index (χ2v) is 13.0. The van der Waals surface area contributed by atoms with Gasteiger partial charge >= 0.3 is 0 Å². The van der Waals surface area contributed by atoms with Crippen LogP contribution in [0.4, 0.5) is 0 Å². The fourth-order valence-electron chi connectivity index (χ4n) is 5.26. The summed E-state index contributed by atoms with van der Waals surface area (Å²) in [5.74, 6) is 0.989. The van der Waals surface area contributed by atoms with Gasteiger partial charge in [-0.15, -0.1) is 11.3 Å². The van der Waals surface area contributed by atoms with Crippen molar-refractivity contribution in [2.24, 2.45) is 0 Å². The van der Waals surface area contributed by atoms with Crippen LogP contribution in [0.15, 0.2) is 23.6 Å². The van der Waals surface area contributed by atoms with Crippen LogP contribution in [0, 0.1) is 0 Å². The van der Waals surface area contributed by atoms with Gasteiger partial charge in [-0.2, -0.15) is 0 Å². The van der Waals surface area contributed by atoms with Gasteiger partial charge in [0, 0.05) is 14.8 Å². The van der Waals surface area contributed by atoms with Gasteiger partial charge in [0.05, 0.1) is 13.2 Å². The number of fused-ring (bicyclic) bond motifs is 2. The van der Waals surface area contributed by atoms with E-state index in [0.29, 0.717) is 0 Å². The predicted molar refractivity (Wildman–Crippen MR) is 172 cm³/mol. The summed E-state index contributed by atoms with van der Waals surface area (Å²) in [7, 11) is 0. The molecular weight excluding hydrogens is 505 g/mol. The zero-order valence-corrected chi connectivity index (χ0v) is 26.1. The van der Waals surface area contributed by atoms with Crippen LogP contribution >= 0.6 is 22.7 Å². The van der Waals surface area contributed by atoms with Crippen LogP contribution in [0.25, 0.3) is 20.2 Å². The van der Waals surface area contributed by atoms with Crippen molar-refractivity contribution in [1.29, 1.82) is 0 Å². The number of ether oxygens (including phenoxy) is 2. The van der Waals surface area contributed by atoms with Crippen LogP contribution in [0.1, 0.15) is 142 Å². The summed E-state index contributed by atoms with van der Waals surface area (Å²) in [5, 5.41) is 5.73. The Kier molecular flexibility index (Phi) is 16.2. The lowest BCUT2D eigenvalue weighted by Crippen LogP contribution is -2.01. The third-order valence-corrected chi connectivity index (χ3v) is 9.59. The van der Waals surface area contributed by atoms with Gasteiger partial charge < -0.3 is 9.47 Å². The van der Waals surface area contributed by atoms with E-state index in [9.17, 15) is 0 Å². The van der Waals surface area contributed by atoms with E-state index in [0.717, 1.165) is 36.9 Å². The number of unbranched alkanes of at least 4 members (excludes halogenated alkanes) is 18. The molecule has 214 valence electrons. The summed E-state index contributed by atoms with van der Waals surface area (Å²) < 4.78 is 15.4. The number of hydrogen-bond donors (Lipinski definition) is 0. The van der Waals surface area contributed by atoms with Crippen LogP contribution in [0.5, 0.6) is 10.8 Å². The van der Waals surface area contributed by atoms with Gasteiger partial charge in [-0.25, -0.2) is 0 Å². The molecule has 0 N–H and O–H groups in total. The third kappa shape index (κ3) is 11.5. The number of rotatable bonds is 24. The molecule has 0 aliphatic carbocycles. The van der Waals surface area contributed by atoms with Crippen LogP contribution in [-0.2, 0) is 0 Å². The fraction of sp³-hybridized carbons (Fsp3) is 0.706. The molecule has 38 heavy (non-hydrogen) atoms. The molecule has 0 saturated carbocycles. The molecule has 0 amide bonds. The van der Waals surface area contributed by atoms with Crippen molar-refractivity contribution in [3.63, 3.8) is 0 Å². The van der Waals surface area contributed by atoms with Gasteiger partial charge in [-0.1, -0.05) is 141 Å². The summed E-state index contributed by atoms with van der Waals surface area (Å²) in [5.41, 5.74) is 0. The van der Waals surface area contributed by atoms with E-state index in [2.05, 4.69) is 37.4 Å². The third-order valence-electron chi connectivity index (χ3n) is 7.66. The van der Waals surface area contributed by atoms with Crippen molar-refractivity contribution in [3.05, 3.63) is 23.6 Å². The van der Waals surface area contributed by atoms with E-state index in [-0.39, 0.29) is 0 Å². The number of thiophene rings is 2. The summed E-state index contributed by atoms with van der Waals surface area (Å²) in [6.45, 7) is 6.17. The molecule has 0 atom stereocenters. The van der Waals surface area contributed by atoms with Crippen LogP contribution in [-0.4, -0.2) is 13.2 Å². The Hall–Kier alpha value is -1.26. The first-order chi connectivity index (χ1) is 18.8. The average molecular weight is 559 g/mol. The van der Waals surface area contributed by atoms with Crippen molar-refractivity contribution in [2.45, 2.75) is 142 Å². The topological polar surface area (TPSA) is 18.5 Å². The van der Waals surface area contributed by atoms with E-state index < -0.39 is 0 Å². The lowest BCUT2D eigenvalue weighted by molar-refractivity contribution is 0.267. The number of hydrogen-bond acceptors (Lipinski definition) is 4. The minimum Gasteiger partial charge on any atom is -0.488 e. The Labute approximate surface area is 241 Å². The molecule has 0 unspecified atom stereocenters. The Morgan fingerprint density at radius 3 is 1.61 bits per heavy atom. The molecule has 0 aliphatic rings. The molecule has 0 fully saturated rings. The van der Waals surface area contributed by atoms with Crippen molar-refractivity contribution >= 4 is 42.8 Å². The van der Waals surface area contributed by atoms with E-state index in [1.165, 1.54) is 136 Å². The monoisotopic (exact) mass is 558 g/mol. The SMILES string of the molecule is CCCCCCCCCCCCOc1sc2cc3ccsc3cc2c1OCCCCCCCCCCCC. The molecule has 3 aromatic rings. The van der Waals surface area contributed by atoms with Gasteiger partial charge in [-0.05, 0) is 41.8 Å². The van der Waals surface area contributed by atoms with Gasteiger partial charge in [0.2, 0.25) is 5.06 Å². The highest BCUT2D eigenvalue weighted by Gasteiger charge is 2.16. The predicted octanol–water partition coefficient (Wildman–Crippen LogP) is 12.7. The zero-order chi connectivity index (χ0) is 26.7. The van der Waals surface area contributed by atoms with Crippen molar-refractivity contribution < 1.29 is 9.47 Å². The summed E-state index contributed by atoms with van der Waals surface area (Å²) in [6, 6.07) is 6.84. The first-order valence-corrected chi connectivity index (χ1v) is 17.7. The molecule has 1 aromatic carbocycles. The molecule has 0 saturated heterocycles. The Bertz CT molecular complexity index is 989. The van der Waals surface area contributed by atoms with E-state index in [1.54, 1.807) is 11.3 Å². The maximum atomic E-state index is 6.43. The summed E-state index contributed by atoms with van der Waals surface area (Å²) in [6.07, 6.45) is 27.0. The first kappa shape index (κ1) is 31.3. The highest BCUT2D eigenvalue weighted by atomic mass is 32.1. The fourth-order valence-corrected chi connectivity index (χ4v) is 7.12. The molecule has 2 heterocycles. The first-order valence-electron chi connectivity index (χ1n) is 16.0. The van der Waals surface area contributed by atoms with Crippen LogP contribution < -0.4 is 9.47 Å². The van der Waals surface area contributed by atoms with Gasteiger partial charge in [0.25, 0.3) is 0 Å². The molecule has 0 bridgehead atoms. The van der Waals surface area contributed by atoms with Crippen molar-refractivity contribution in [3.8, 4) is 10.8 Å². The number of benzene rings is 1.